The third kappa shape index (κ3) is 4.65. The topological polar surface area (TPSA) is 103 Å². The number of sulfonamides is 1. The highest BCUT2D eigenvalue weighted by Gasteiger charge is 2.32. The molecule has 0 amide bonds. The summed E-state index contributed by atoms with van der Waals surface area (Å²) < 4.78 is 39.9. The summed E-state index contributed by atoms with van der Waals surface area (Å²) in [5, 5.41) is 0.607. The maximum Gasteiger partial charge on any atom is 0.339 e. The average Bonchev–Trinajstić information content (AvgIpc) is 3.27. The van der Waals surface area contributed by atoms with Crippen LogP contribution in [0.25, 0.3) is 11.0 Å². The molecule has 1 aliphatic rings. The van der Waals surface area contributed by atoms with Gasteiger partial charge in [0.25, 0.3) is 0 Å². The molecule has 34 heavy (non-hydrogen) atoms. The fourth-order valence-electron chi connectivity index (χ4n) is 4.34. The molecule has 0 fully saturated rings. The molecular weight excluding hydrogens is 454 g/mol. The Kier molecular flexibility index (Phi) is 6.64. The van der Waals surface area contributed by atoms with E-state index in [0.717, 1.165) is 23.1 Å². The first-order valence-corrected chi connectivity index (χ1v) is 13.0. The number of benzene rings is 2. The van der Waals surface area contributed by atoms with Crippen molar-refractivity contribution in [1.82, 2.24) is 4.72 Å². The zero-order valence-corrected chi connectivity index (χ0v) is 20.6. The molecule has 180 valence electrons. The van der Waals surface area contributed by atoms with Crippen molar-refractivity contribution in [3.8, 4) is 5.75 Å². The second kappa shape index (κ2) is 9.35. The standard InChI is InChI=1S/C26H29NO6S/c1-5-17(4)24(27-34(30,31)18-11-9-15(2)10-12-18)26(29)33-22-14-16(3)13-21-23(22)19-7-6-8-20(19)25(28)32-21/h9-14,17,24,27H,5-8H2,1-4H3/t17-,24+/m1/s1. The summed E-state index contributed by atoms with van der Waals surface area (Å²) >= 11 is 0. The lowest BCUT2D eigenvalue weighted by atomic mass is 10.00. The van der Waals surface area contributed by atoms with E-state index in [0.29, 0.717) is 35.8 Å². The summed E-state index contributed by atoms with van der Waals surface area (Å²) in [6, 6.07) is 8.82. The lowest BCUT2D eigenvalue weighted by molar-refractivity contribution is -0.137. The monoisotopic (exact) mass is 483 g/mol. The zero-order valence-electron chi connectivity index (χ0n) is 19.8. The van der Waals surface area contributed by atoms with Gasteiger partial charge < -0.3 is 9.15 Å². The predicted molar refractivity (Wildman–Crippen MR) is 130 cm³/mol. The van der Waals surface area contributed by atoms with Crippen LogP contribution in [0.1, 0.15) is 48.9 Å². The number of esters is 1. The molecule has 7 nitrogen and oxygen atoms in total. The van der Waals surface area contributed by atoms with Crippen LogP contribution in [0.2, 0.25) is 0 Å². The van der Waals surface area contributed by atoms with Crippen LogP contribution in [0.15, 0.2) is 50.5 Å². The molecule has 0 radical (unpaired) electrons. The van der Waals surface area contributed by atoms with Gasteiger partial charge in [0.2, 0.25) is 10.0 Å². The minimum atomic E-state index is -3.95. The maximum atomic E-state index is 13.4. The lowest BCUT2D eigenvalue weighted by Gasteiger charge is -2.23. The van der Waals surface area contributed by atoms with Crippen molar-refractivity contribution >= 4 is 27.0 Å². The Morgan fingerprint density at radius 3 is 2.44 bits per heavy atom. The molecule has 0 saturated carbocycles. The van der Waals surface area contributed by atoms with Crippen LogP contribution in [0.5, 0.6) is 5.75 Å². The van der Waals surface area contributed by atoms with E-state index in [9.17, 15) is 18.0 Å². The maximum absolute atomic E-state index is 13.4. The highest BCUT2D eigenvalue weighted by molar-refractivity contribution is 7.89. The van der Waals surface area contributed by atoms with Crippen molar-refractivity contribution in [2.75, 3.05) is 0 Å². The first-order chi connectivity index (χ1) is 16.1. The van der Waals surface area contributed by atoms with Gasteiger partial charge in [-0.15, -0.1) is 0 Å². The molecule has 1 aromatic heterocycles. The zero-order chi connectivity index (χ0) is 24.6. The van der Waals surface area contributed by atoms with Gasteiger partial charge in [-0.1, -0.05) is 38.0 Å². The first-order valence-electron chi connectivity index (χ1n) is 11.5. The Balaban J connectivity index is 1.71. The van der Waals surface area contributed by atoms with E-state index in [-0.39, 0.29) is 22.2 Å². The first kappa shape index (κ1) is 24.2. The number of rotatable bonds is 7. The summed E-state index contributed by atoms with van der Waals surface area (Å²) in [5.41, 5.74) is 3.17. The Bertz CT molecular complexity index is 1410. The molecule has 0 spiro atoms. The molecule has 2 atom stereocenters. The molecule has 1 aliphatic carbocycles. The van der Waals surface area contributed by atoms with Gasteiger partial charge in [0.15, 0.2) is 0 Å². The second-order valence-electron chi connectivity index (χ2n) is 9.06. The van der Waals surface area contributed by atoms with Gasteiger partial charge in [0.05, 0.1) is 10.3 Å². The molecule has 0 unspecified atom stereocenters. The van der Waals surface area contributed by atoms with Gasteiger partial charge in [0.1, 0.15) is 17.4 Å². The van der Waals surface area contributed by atoms with Gasteiger partial charge >= 0.3 is 11.6 Å². The van der Waals surface area contributed by atoms with E-state index in [2.05, 4.69) is 4.72 Å². The summed E-state index contributed by atoms with van der Waals surface area (Å²) in [4.78, 5) is 25.8. The predicted octanol–water partition coefficient (Wildman–Crippen LogP) is 4.20. The molecule has 2 aromatic carbocycles. The van der Waals surface area contributed by atoms with E-state index in [4.69, 9.17) is 9.15 Å². The molecule has 4 rings (SSSR count). The van der Waals surface area contributed by atoms with Crippen molar-refractivity contribution < 1.29 is 22.4 Å². The van der Waals surface area contributed by atoms with Crippen LogP contribution in [0, 0.1) is 19.8 Å². The van der Waals surface area contributed by atoms with Crippen molar-refractivity contribution in [3.63, 3.8) is 0 Å². The van der Waals surface area contributed by atoms with E-state index >= 15 is 0 Å². The minimum absolute atomic E-state index is 0.0832. The van der Waals surface area contributed by atoms with Gasteiger partial charge in [-0.25, -0.2) is 18.0 Å². The summed E-state index contributed by atoms with van der Waals surface area (Å²) in [6.07, 6.45) is 2.71. The third-order valence-corrected chi connectivity index (χ3v) is 7.93. The molecule has 3 aromatic rings. The Morgan fingerprint density at radius 1 is 1.09 bits per heavy atom. The SMILES string of the molecule is CC[C@@H](C)[C@H](NS(=O)(=O)c1ccc(C)cc1)C(=O)Oc1cc(C)cc2oc(=O)c3c(c12)CCC3. The largest absolute Gasteiger partial charge is 0.425 e. The third-order valence-electron chi connectivity index (χ3n) is 6.47. The molecular formula is C26H29NO6S. The van der Waals surface area contributed by atoms with Crippen LogP contribution in [-0.2, 0) is 27.7 Å². The molecule has 0 bridgehead atoms. The smallest absolute Gasteiger partial charge is 0.339 e. The van der Waals surface area contributed by atoms with Crippen LogP contribution in [-0.4, -0.2) is 20.4 Å². The van der Waals surface area contributed by atoms with Crippen molar-refractivity contribution in [2.24, 2.45) is 5.92 Å². The fourth-order valence-corrected chi connectivity index (χ4v) is 5.64. The van der Waals surface area contributed by atoms with Gasteiger partial charge in [0, 0.05) is 5.56 Å². The average molecular weight is 484 g/mol. The van der Waals surface area contributed by atoms with Gasteiger partial charge in [-0.2, -0.15) is 4.72 Å². The van der Waals surface area contributed by atoms with Crippen LogP contribution in [0.4, 0.5) is 0 Å². The van der Waals surface area contributed by atoms with Crippen LogP contribution in [0.3, 0.4) is 0 Å². The Morgan fingerprint density at radius 2 is 1.76 bits per heavy atom. The molecule has 8 heteroatoms. The van der Waals surface area contributed by atoms with Gasteiger partial charge in [-0.05, 0) is 74.4 Å². The highest BCUT2D eigenvalue weighted by atomic mass is 32.2. The summed E-state index contributed by atoms with van der Waals surface area (Å²) in [7, 11) is -3.95. The van der Waals surface area contributed by atoms with Gasteiger partial charge in [-0.3, -0.25) is 0 Å². The number of hydrogen-bond donors (Lipinski definition) is 1. The minimum Gasteiger partial charge on any atom is -0.425 e. The molecule has 1 N–H and O–H groups in total. The quantitative estimate of drug-likeness (QED) is 0.307. The summed E-state index contributed by atoms with van der Waals surface area (Å²) in [5.74, 6) is -0.730. The molecule has 0 aliphatic heterocycles. The van der Waals surface area contributed by atoms with E-state index in [1.165, 1.54) is 12.1 Å². The summed E-state index contributed by atoms with van der Waals surface area (Å²) in [6.45, 7) is 7.37. The number of fused-ring (bicyclic) bond motifs is 3. The number of carbonyl (C=O) groups excluding carboxylic acids is 1. The van der Waals surface area contributed by atoms with E-state index in [1.54, 1.807) is 31.2 Å². The number of ether oxygens (including phenoxy) is 1. The lowest BCUT2D eigenvalue weighted by Crippen LogP contribution is -2.47. The number of carbonyl (C=O) groups is 1. The number of aryl methyl sites for hydroxylation is 3. The van der Waals surface area contributed by atoms with Crippen molar-refractivity contribution in [1.29, 1.82) is 0 Å². The fraction of sp³-hybridized carbons (Fsp3) is 0.385. The van der Waals surface area contributed by atoms with Crippen LogP contribution < -0.4 is 15.1 Å². The molecule has 0 saturated heterocycles. The highest BCUT2D eigenvalue weighted by Crippen LogP contribution is 2.35. The molecule has 1 heterocycles. The van der Waals surface area contributed by atoms with E-state index in [1.807, 2.05) is 20.8 Å². The van der Waals surface area contributed by atoms with Crippen LogP contribution >= 0.6 is 0 Å². The number of hydrogen-bond acceptors (Lipinski definition) is 6. The Labute approximate surface area is 199 Å². The normalized spacial score (nSPS) is 15.2. The number of nitrogens with one attached hydrogen (secondary N) is 1. The second-order valence-corrected chi connectivity index (χ2v) is 10.8. The van der Waals surface area contributed by atoms with E-state index < -0.39 is 22.0 Å². The van der Waals surface area contributed by atoms with Crippen molar-refractivity contribution in [2.45, 2.75) is 64.3 Å². The van der Waals surface area contributed by atoms with Crippen molar-refractivity contribution in [3.05, 3.63) is 69.1 Å². The Hall–Kier alpha value is -2.97.